The van der Waals surface area contributed by atoms with Crippen molar-refractivity contribution in [3.63, 3.8) is 0 Å². The SMILES string of the molecule is C/C=C(/CC)c1cccc(Cl)c1C.CC. The fraction of sp³-hybridized carbons (Fsp3) is 0.429. The molecule has 0 saturated carbocycles. The molecule has 0 aliphatic carbocycles. The van der Waals surface area contributed by atoms with Crippen molar-refractivity contribution < 1.29 is 0 Å². The fourth-order valence-electron chi connectivity index (χ4n) is 1.51. The molecule has 0 unspecified atom stereocenters. The second-order valence-electron chi connectivity index (χ2n) is 3.08. The Bertz CT molecular complexity index is 324. The summed E-state index contributed by atoms with van der Waals surface area (Å²) in [5.74, 6) is 0. The van der Waals surface area contributed by atoms with Gasteiger partial charge in [0.25, 0.3) is 0 Å². The van der Waals surface area contributed by atoms with Crippen molar-refractivity contribution in [2.45, 2.75) is 41.0 Å². The van der Waals surface area contributed by atoms with Gasteiger partial charge in [0.05, 0.1) is 0 Å². The molecule has 0 spiro atoms. The van der Waals surface area contributed by atoms with Crippen molar-refractivity contribution in [3.8, 4) is 0 Å². The Morgan fingerprint density at radius 2 is 1.93 bits per heavy atom. The van der Waals surface area contributed by atoms with Crippen molar-refractivity contribution in [1.82, 2.24) is 0 Å². The first-order valence-electron chi connectivity index (χ1n) is 5.61. The van der Waals surface area contributed by atoms with E-state index in [9.17, 15) is 0 Å². The molecule has 1 aromatic carbocycles. The minimum Gasteiger partial charge on any atom is -0.0840 e. The first-order valence-corrected chi connectivity index (χ1v) is 5.99. The molecule has 0 amide bonds. The Kier molecular flexibility index (Phi) is 7.15. The van der Waals surface area contributed by atoms with Gasteiger partial charge in [-0.3, -0.25) is 0 Å². The highest BCUT2D eigenvalue weighted by molar-refractivity contribution is 6.31. The number of hydrogen-bond acceptors (Lipinski definition) is 0. The van der Waals surface area contributed by atoms with Gasteiger partial charge in [0.2, 0.25) is 0 Å². The lowest BCUT2D eigenvalue weighted by Crippen LogP contribution is -1.88. The molecule has 1 heteroatoms. The number of allylic oxidation sites excluding steroid dienone is 2. The number of rotatable bonds is 2. The molecule has 0 radical (unpaired) electrons. The van der Waals surface area contributed by atoms with Crippen LogP contribution >= 0.6 is 11.6 Å². The lowest BCUT2D eigenvalue weighted by molar-refractivity contribution is 1.22. The maximum Gasteiger partial charge on any atom is 0.0441 e. The Morgan fingerprint density at radius 3 is 2.40 bits per heavy atom. The monoisotopic (exact) mass is 224 g/mol. The summed E-state index contributed by atoms with van der Waals surface area (Å²) < 4.78 is 0. The average molecular weight is 225 g/mol. The second kappa shape index (κ2) is 7.53. The Morgan fingerprint density at radius 1 is 1.33 bits per heavy atom. The van der Waals surface area contributed by atoms with Crippen LogP contribution in [-0.2, 0) is 0 Å². The van der Waals surface area contributed by atoms with E-state index >= 15 is 0 Å². The molecule has 0 aliphatic rings. The summed E-state index contributed by atoms with van der Waals surface area (Å²) in [4.78, 5) is 0. The first-order chi connectivity index (χ1) is 7.20. The van der Waals surface area contributed by atoms with Crippen LogP contribution in [0.5, 0.6) is 0 Å². The molecule has 0 atom stereocenters. The van der Waals surface area contributed by atoms with Gasteiger partial charge in [0, 0.05) is 5.02 Å². The van der Waals surface area contributed by atoms with E-state index in [0.29, 0.717) is 0 Å². The summed E-state index contributed by atoms with van der Waals surface area (Å²) in [5, 5.41) is 0.852. The molecule has 84 valence electrons. The molecule has 0 saturated heterocycles. The summed E-state index contributed by atoms with van der Waals surface area (Å²) in [7, 11) is 0. The largest absolute Gasteiger partial charge is 0.0840 e. The van der Waals surface area contributed by atoms with E-state index in [1.165, 1.54) is 16.7 Å². The summed E-state index contributed by atoms with van der Waals surface area (Å²) in [6, 6.07) is 6.06. The molecule has 1 aromatic rings. The summed E-state index contributed by atoms with van der Waals surface area (Å²) >= 11 is 6.04. The summed E-state index contributed by atoms with van der Waals surface area (Å²) in [6.07, 6.45) is 3.20. The highest BCUT2D eigenvalue weighted by Crippen LogP contribution is 2.26. The molecular weight excluding hydrogens is 204 g/mol. The lowest BCUT2D eigenvalue weighted by atomic mass is 9.99. The lowest BCUT2D eigenvalue weighted by Gasteiger charge is -2.09. The normalized spacial score (nSPS) is 10.7. The van der Waals surface area contributed by atoms with E-state index in [-0.39, 0.29) is 0 Å². The van der Waals surface area contributed by atoms with Crippen LogP contribution in [0.1, 0.15) is 45.2 Å². The van der Waals surface area contributed by atoms with Crippen LogP contribution in [0.15, 0.2) is 24.3 Å². The standard InChI is InChI=1S/C12H15Cl.C2H6/c1-4-10(5-2)11-7-6-8-12(13)9(11)3;1-2/h4,6-8H,5H2,1-3H3;1-2H3/b10-4-;. The van der Waals surface area contributed by atoms with E-state index in [1.807, 2.05) is 26.0 Å². The van der Waals surface area contributed by atoms with E-state index in [0.717, 1.165) is 11.4 Å². The minimum absolute atomic E-state index is 0.852. The zero-order valence-corrected chi connectivity index (χ0v) is 11.2. The van der Waals surface area contributed by atoms with E-state index in [4.69, 9.17) is 11.6 Å². The zero-order chi connectivity index (χ0) is 11.8. The summed E-state index contributed by atoms with van der Waals surface area (Å²) in [6.45, 7) is 10.3. The molecule has 0 bridgehead atoms. The summed E-state index contributed by atoms with van der Waals surface area (Å²) in [5.41, 5.74) is 3.82. The van der Waals surface area contributed by atoms with Gasteiger partial charge < -0.3 is 0 Å². The van der Waals surface area contributed by atoms with Gasteiger partial charge >= 0.3 is 0 Å². The molecule has 0 fully saturated rings. The minimum atomic E-state index is 0.852. The van der Waals surface area contributed by atoms with Crippen LogP contribution in [0.25, 0.3) is 5.57 Å². The smallest absolute Gasteiger partial charge is 0.0441 e. The third kappa shape index (κ3) is 3.71. The Hall–Kier alpha value is -0.750. The Balaban J connectivity index is 0.000000921. The van der Waals surface area contributed by atoms with Gasteiger partial charge in [-0.15, -0.1) is 0 Å². The quantitative estimate of drug-likeness (QED) is 0.623. The number of benzene rings is 1. The van der Waals surface area contributed by atoms with Gasteiger partial charge in [0.1, 0.15) is 0 Å². The molecule has 0 aliphatic heterocycles. The average Bonchev–Trinajstić information content (AvgIpc) is 2.28. The van der Waals surface area contributed by atoms with Gasteiger partial charge in [-0.1, -0.05) is 50.6 Å². The van der Waals surface area contributed by atoms with Crippen LogP contribution in [0, 0.1) is 6.92 Å². The molecule has 1 rings (SSSR count). The van der Waals surface area contributed by atoms with Gasteiger partial charge in [-0.05, 0) is 43.0 Å². The molecule has 0 nitrogen and oxygen atoms in total. The highest BCUT2D eigenvalue weighted by atomic mass is 35.5. The third-order valence-electron chi connectivity index (χ3n) is 2.34. The maximum atomic E-state index is 6.04. The predicted octanol–water partition coefficient (Wildman–Crippen LogP) is 5.49. The van der Waals surface area contributed by atoms with Crippen LogP contribution < -0.4 is 0 Å². The molecule has 0 heterocycles. The van der Waals surface area contributed by atoms with E-state index in [1.54, 1.807) is 0 Å². The molecule has 0 aromatic heterocycles. The van der Waals surface area contributed by atoms with E-state index < -0.39 is 0 Å². The Labute approximate surface area is 99.0 Å². The van der Waals surface area contributed by atoms with Gasteiger partial charge in [-0.25, -0.2) is 0 Å². The molecule has 15 heavy (non-hydrogen) atoms. The van der Waals surface area contributed by atoms with Gasteiger partial charge in [-0.2, -0.15) is 0 Å². The van der Waals surface area contributed by atoms with Crippen molar-refractivity contribution in [2.75, 3.05) is 0 Å². The topological polar surface area (TPSA) is 0 Å². The number of halogens is 1. The van der Waals surface area contributed by atoms with Gasteiger partial charge in [0.15, 0.2) is 0 Å². The molecule has 0 N–H and O–H groups in total. The van der Waals surface area contributed by atoms with Crippen molar-refractivity contribution in [3.05, 3.63) is 40.4 Å². The molecular formula is C14H21Cl. The van der Waals surface area contributed by atoms with Crippen LogP contribution in [0.4, 0.5) is 0 Å². The van der Waals surface area contributed by atoms with E-state index in [2.05, 4.69) is 32.9 Å². The highest BCUT2D eigenvalue weighted by Gasteiger charge is 2.04. The third-order valence-corrected chi connectivity index (χ3v) is 2.75. The van der Waals surface area contributed by atoms with Crippen molar-refractivity contribution in [1.29, 1.82) is 0 Å². The predicted molar refractivity (Wildman–Crippen MR) is 71.5 cm³/mol. The van der Waals surface area contributed by atoms with Crippen molar-refractivity contribution in [2.24, 2.45) is 0 Å². The van der Waals surface area contributed by atoms with Crippen LogP contribution in [0.3, 0.4) is 0 Å². The maximum absolute atomic E-state index is 6.04. The fourth-order valence-corrected chi connectivity index (χ4v) is 1.68. The number of hydrogen-bond donors (Lipinski definition) is 0. The second-order valence-corrected chi connectivity index (χ2v) is 3.49. The van der Waals surface area contributed by atoms with Crippen LogP contribution in [0.2, 0.25) is 5.02 Å². The van der Waals surface area contributed by atoms with Crippen molar-refractivity contribution >= 4 is 17.2 Å². The van der Waals surface area contributed by atoms with Crippen LogP contribution in [-0.4, -0.2) is 0 Å². The zero-order valence-electron chi connectivity index (χ0n) is 10.4. The first kappa shape index (κ1) is 14.2.